The first-order chi connectivity index (χ1) is 9.11. The molecule has 0 unspecified atom stereocenters. The van der Waals surface area contributed by atoms with Gasteiger partial charge in [-0.25, -0.2) is 0 Å². The van der Waals surface area contributed by atoms with Crippen LogP contribution in [0.2, 0.25) is 0 Å². The van der Waals surface area contributed by atoms with Crippen LogP contribution in [0.5, 0.6) is 0 Å². The fourth-order valence-corrected chi connectivity index (χ4v) is 3.45. The molecule has 0 spiro atoms. The molecular weight excluding hydrogens is 394 g/mol. The van der Waals surface area contributed by atoms with Crippen molar-refractivity contribution in [3.05, 3.63) is 26.9 Å². The average Bonchev–Trinajstić information content (AvgIpc) is 2.83. The van der Waals surface area contributed by atoms with Crippen molar-refractivity contribution < 1.29 is 4.52 Å². The largest absolute Gasteiger partial charge is 0.397 e. The first kappa shape index (κ1) is 14.9. The highest BCUT2D eigenvalue weighted by Crippen LogP contribution is 2.34. The number of thioether (sulfide) groups is 1. The van der Waals surface area contributed by atoms with Crippen LogP contribution >= 0.6 is 43.6 Å². The maximum absolute atomic E-state index is 6.01. The maximum atomic E-state index is 6.01. The molecule has 2 N–H and O–H groups in total. The number of nitrogens with zero attached hydrogens (tertiary/aromatic N) is 2. The van der Waals surface area contributed by atoms with Gasteiger partial charge in [-0.2, -0.15) is 16.7 Å². The van der Waals surface area contributed by atoms with E-state index < -0.39 is 0 Å². The molecule has 0 radical (unpaired) electrons. The highest BCUT2D eigenvalue weighted by Gasteiger charge is 2.14. The zero-order valence-electron chi connectivity index (χ0n) is 10.3. The van der Waals surface area contributed by atoms with Gasteiger partial charge in [0.2, 0.25) is 0 Å². The van der Waals surface area contributed by atoms with Crippen LogP contribution in [0.3, 0.4) is 0 Å². The van der Waals surface area contributed by atoms with E-state index in [9.17, 15) is 0 Å². The third-order valence-corrected chi connectivity index (χ3v) is 4.65. The number of benzene rings is 1. The van der Waals surface area contributed by atoms with E-state index in [1.807, 2.05) is 12.1 Å². The molecule has 0 aliphatic carbocycles. The number of nitrogens with two attached hydrogens (primary N) is 1. The van der Waals surface area contributed by atoms with E-state index in [1.165, 1.54) is 0 Å². The topological polar surface area (TPSA) is 64.9 Å². The van der Waals surface area contributed by atoms with Crippen molar-refractivity contribution in [3.63, 3.8) is 0 Å². The van der Waals surface area contributed by atoms with Crippen molar-refractivity contribution >= 4 is 49.3 Å². The van der Waals surface area contributed by atoms with Crippen molar-refractivity contribution in [2.75, 3.05) is 11.5 Å². The predicted molar refractivity (Wildman–Crippen MR) is 86.0 cm³/mol. The van der Waals surface area contributed by atoms with Gasteiger partial charge in [0.05, 0.1) is 17.0 Å². The molecule has 19 heavy (non-hydrogen) atoms. The van der Waals surface area contributed by atoms with Crippen LogP contribution < -0.4 is 5.73 Å². The number of hydrogen-bond donors (Lipinski definition) is 1. The molecule has 1 aromatic carbocycles. The predicted octanol–water partition coefficient (Wildman–Crippen LogP) is 4.49. The second kappa shape index (κ2) is 6.76. The molecule has 0 fully saturated rings. The lowest BCUT2D eigenvalue weighted by atomic mass is 10.2. The summed E-state index contributed by atoms with van der Waals surface area (Å²) in [5, 5.41) is 3.97. The van der Waals surface area contributed by atoms with Crippen LogP contribution in [0.25, 0.3) is 11.5 Å². The number of hydrogen-bond acceptors (Lipinski definition) is 5. The minimum absolute atomic E-state index is 0.451. The monoisotopic (exact) mass is 405 g/mol. The first-order valence-corrected chi connectivity index (χ1v) is 8.51. The zero-order chi connectivity index (χ0) is 13.8. The molecule has 2 rings (SSSR count). The lowest BCUT2D eigenvalue weighted by Gasteiger charge is -2.04. The van der Waals surface area contributed by atoms with E-state index in [0.717, 1.165) is 32.4 Å². The summed E-state index contributed by atoms with van der Waals surface area (Å²) in [6.45, 7) is 2.15. The summed E-state index contributed by atoms with van der Waals surface area (Å²) in [4.78, 5) is 4.38. The molecule has 0 atom stereocenters. The molecule has 0 aliphatic heterocycles. The molecule has 4 nitrogen and oxygen atoms in total. The Kier molecular flexibility index (Phi) is 5.29. The van der Waals surface area contributed by atoms with Gasteiger partial charge in [0.15, 0.2) is 5.82 Å². The molecule has 0 bridgehead atoms. The van der Waals surface area contributed by atoms with Gasteiger partial charge in [-0.05, 0) is 40.2 Å². The van der Waals surface area contributed by atoms with Crippen LogP contribution in [0.15, 0.2) is 25.6 Å². The Morgan fingerprint density at radius 3 is 2.89 bits per heavy atom. The summed E-state index contributed by atoms with van der Waals surface area (Å²) in [5.74, 6) is 3.00. The summed E-state index contributed by atoms with van der Waals surface area (Å²) in [6.07, 6.45) is 1.14. The van der Waals surface area contributed by atoms with E-state index in [2.05, 4.69) is 48.9 Å². The van der Waals surface area contributed by atoms with Crippen LogP contribution in [-0.4, -0.2) is 15.9 Å². The summed E-state index contributed by atoms with van der Waals surface area (Å²) in [6, 6.07) is 3.75. The van der Waals surface area contributed by atoms with E-state index in [1.54, 1.807) is 11.8 Å². The summed E-state index contributed by atoms with van der Waals surface area (Å²) in [7, 11) is 0. The summed E-state index contributed by atoms with van der Waals surface area (Å²) >= 11 is 8.62. The molecule has 1 heterocycles. The highest BCUT2D eigenvalue weighted by atomic mass is 79.9. The average molecular weight is 407 g/mol. The number of halogens is 2. The molecule has 102 valence electrons. The SMILES string of the molecule is CCCSCc1noc(-c2cc(Br)cc(Br)c2N)n1. The van der Waals surface area contributed by atoms with Gasteiger partial charge < -0.3 is 10.3 Å². The van der Waals surface area contributed by atoms with Crippen molar-refractivity contribution in [3.8, 4) is 11.5 Å². The Labute approximate surface area is 132 Å². The summed E-state index contributed by atoms with van der Waals surface area (Å²) in [5.41, 5.74) is 7.35. The van der Waals surface area contributed by atoms with Crippen LogP contribution in [0.1, 0.15) is 19.2 Å². The highest BCUT2D eigenvalue weighted by molar-refractivity contribution is 9.11. The lowest BCUT2D eigenvalue weighted by molar-refractivity contribution is 0.425. The van der Waals surface area contributed by atoms with Gasteiger partial charge in [0, 0.05) is 8.95 Å². The molecular formula is C12H13Br2N3OS. The lowest BCUT2D eigenvalue weighted by Crippen LogP contribution is -1.92. The van der Waals surface area contributed by atoms with E-state index in [0.29, 0.717) is 17.4 Å². The van der Waals surface area contributed by atoms with Gasteiger partial charge in [-0.1, -0.05) is 28.0 Å². The second-order valence-corrected chi connectivity index (χ2v) is 6.79. The van der Waals surface area contributed by atoms with Gasteiger partial charge in [0.25, 0.3) is 5.89 Å². The van der Waals surface area contributed by atoms with Crippen LogP contribution in [-0.2, 0) is 5.75 Å². The molecule has 0 saturated carbocycles. The third kappa shape index (κ3) is 3.73. The third-order valence-electron chi connectivity index (χ3n) is 2.37. The normalized spacial score (nSPS) is 10.9. The zero-order valence-corrected chi connectivity index (χ0v) is 14.3. The molecule has 2 aromatic rings. The Morgan fingerprint density at radius 2 is 2.16 bits per heavy atom. The van der Waals surface area contributed by atoms with Crippen LogP contribution in [0.4, 0.5) is 5.69 Å². The molecule has 0 amide bonds. The second-order valence-electron chi connectivity index (χ2n) is 3.92. The van der Waals surface area contributed by atoms with Crippen LogP contribution in [0, 0.1) is 0 Å². The fraction of sp³-hybridized carbons (Fsp3) is 0.333. The smallest absolute Gasteiger partial charge is 0.260 e. The Bertz CT molecular complexity index is 574. The maximum Gasteiger partial charge on any atom is 0.260 e. The van der Waals surface area contributed by atoms with Crippen molar-refractivity contribution in [2.45, 2.75) is 19.1 Å². The van der Waals surface area contributed by atoms with Crippen molar-refractivity contribution in [2.24, 2.45) is 0 Å². The Balaban J connectivity index is 2.23. The number of aromatic nitrogens is 2. The van der Waals surface area contributed by atoms with Gasteiger partial charge in [-0.15, -0.1) is 0 Å². The molecule has 0 aliphatic rings. The minimum atomic E-state index is 0.451. The fourth-order valence-electron chi connectivity index (χ4n) is 1.49. The quantitative estimate of drug-likeness (QED) is 0.585. The Hall–Kier alpha value is -0.530. The minimum Gasteiger partial charge on any atom is -0.397 e. The number of rotatable bonds is 5. The van der Waals surface area contributed by atoms with E-state index in [-0.39, 0.29) is 0 Å². The number of nitrogen functional groups attached to an aromatic ring is 1. The van der Waals surface area contributed by atoms with Gasteiger partial charge >= 0.3 is 0 Å². The van der Waals surface area contributed by atoms with Gasteiger partial charge in [0.1, 0.15) is 0 Å². The first-order valence-electron chi connectivity index (χ1n) is 5.77. The van der Waals surface area contributed by atoms with Crippen molar-refractivity contribution in [1.82, 2.24) is 10.1 Å². The Morgan fingerprint density at radius 1 is 1.37 bits per heavy atom. The van der Waals surface area contributed by atoms with E-state index in [4.69, 9.17) is 10.3 Å². The molecule has 1 aromatic heterocycles. The number of anilines is 1. The molecule has 7 heteroatoms. The van der Waals surface area contributed by atoms with Crippen molar-refractivity contribution in [1.29, 1.82) is 0 Å². The van der Waals surface area contributed by atoms with E-state index >= 15 is 0 Å². The van der Waals surface area contributed by atoms with Gasteiger partial charge in [-0.3, -0.25) is 0 Å². The molecule has 0 saturated heterocycles. The standard InChI is InChI=1S/C12H13Br2N3OS/c1-2-3-19-6-10-16-12(18-17-10)8-4-7(13)5-9(14)11(8)15/h4-5H,2-3,6,15H2,1H3. The summed E-state index contributed by atoms with van der Waals surface area (Å²) < 4.78 is 6.99.